The third-order valence-electron chi connectivity index (χ3n) is 2.38. The van der Waals surface area contributed by atoms with Crippen LogP contribution in [0.4, 0.5) is 11.4 Å². The lowest BCUT2D eigenvalue weighted by Gasteiger charge is -2.11. The number of anilines is 2. The number of nitriles is 1. The van der Waals surface area contributed by atoms with E-state index >= 15 is 0 Å². The minimum atomic E-state index is 0.378. The number of hydrogen-bond acceptors (Lipinski definition) is 2. The van der Waals surface area contributed by atoms with Crippen LogP contribution in [0.15, 0.2) is 30.3 Å². The second kappa shape index (κ2) is 5.90. The van der Waals surface area contributed by atoms with Crippen molar-refractivity contribution in [2.75, 3.05) is 5.32 Å². The van der Waals surface area contributed by atoms with Gasteiger partial charge in [0.15, 0.2) is 0 Å². The average molecular weight is 332 g/mol. The van der Waals surface area contributed by atoms with Gasteiger partial charge in [-0.25, -0.2) is 0 Å². The van der Waals surface area contributed by atoms with Gasteiger partial charge in [0.2, 0.25) is 0 Å². The molecule has 0 saturated carbocycles. The predicted octanol–water partition coefficient (Wildman–Crippen LogP) is 5.92. The van der Waals surface area contributed by atoms with Gasteiger partial charge in [0.1, 0.15) is 0 Å². The van der Waals surface area contributed by atoms with E-state index in [1.807, 2.05) is 6.07 Å². The van der Waals surface area contributed by atoms with E-state index in [4.69, 9.17) is 51.7 Å². The van der Waals surface area contributed by atoms with Crippen LogP contribution in [0.3, 0.4) is 0 Å². The Morgan fingerprint density at radius 2 is 1.42 bits per heavy atom. The number of benzene rings is 2. The third kappa shape index (κ3) is 3.26. The fourth-order valence-corrected chi connectivity index (χ4v) is 2.27. The van der Waals surface area contributed by atoms with E-state index in [0.29, 0.717) is 37.0 Å². The van der Waals surface area contributed by atoms with Gasteiger partial charge in [0.05, 0.1) is 43.1 Å². The first-order valence-corrected chi connectivity index (χ1v) is 6.63. The van der Waals surface area contributed by atoms with Gasteiger partial charge < -0.3 is 5.32 Å². The predicted molar refractivity (Wildman–Crippen MR) is 80.9 cm³/mol. The van der Waals surface area contributed by atoms with Crippen LogP contribution in [0.1, 0.15) is 5.56 Å². The van der Waals surface area contributed by atoms with Gasteiger partial charge in [0.25, 0.3) is 0 Å². The summed E-state index contributed by atoms with van der Waals surface area (Å²) >= 11 is 23.9. The Morgan fingerprint density at radius 3 is 2.05 bits per heavy atom. The van der Waals surface area contributed by atoms with Crippen LogP contribution in [0.5, 0.6) is 0 Å². The Morgan fingerprint density at radius 1 is 0.789 bits per heavy atom. The molecular weight excluding hydrogens is 326 g/mol. The highest BCUT2D eigenvalue weighted by Gasteiger charge is 2.08. The highest BCUT2D eigenvalue weighted by atomic mass is 35.5. The maximum atomic E-state index is 8.77. The van der Waals surface area contributed by atoms with Crippen molar-refractivity contribution < 1.29 is 0 Å². The molecule has 0 aliphatic carbocycles. The number of rotatable bonds is 2. The van der Waals surface area contributed by atoms with Gasteiger partial charge >= 0.3 is 0 Å². The standard InChI is InChI=1S/C13H6Cl4N2/c14-8-4-11(17)13(5-9(8)15)19-12-2-1-7(6-18)3-10(12)16/h1-5,19H. The summed E-state index contributed by atoms with van der Waals surface area (Å²) in [4.78, 5) is 0. The fraction of sp³-hybridized carbons (Fsp3) is 0. The van der Waals surface area contributed by atoms with Gasteiger partial charge in [0, 0.05) is 0 Å². The molecule has 0 heterocycles. The molecule has 0 unspecified atom stereocenters. The summed E-state index contributed by atoms with van der Waals surface area (Å²) in [6.45, 7) is 0. The molecule has 2 rings (SSSR count). The molecule has 19 heavy (non-hydrogen) atoms. The van der Waals surface area contributed by atoms with Gasteiger partial charge in [-0.1, -0.05) is 46.4 Å². The largest absolute Gasteiger partial charge is 0.353 e. The smallest absolute Gasteiger partial charge is 0.0992 e. The first kappa shape index (κ1) is 14.3. The van der Waals surface area contributed by atoms with E-state index in [-0.39, 0.29) is 0 Å². The molecule has 6 heteroatoms. The first-order chi connectivity index (χ1) is 9.01. The van der Waals surface area contributed by atoms with Gasteiger partial charge in [-0.15, -0.1) is 0 Å². The zero-order valence-corrected chi connectivity index (χ0v) is 12.4. The minimum Gasteiger partial charge on any atom is -0.353 e. The summed E-state index contributed by atoms with van der Waals surface area (Å²) in [6.07, 6.45) is 0. The van der Waals surface area contributed by atoms with Crippen molar-refractivity contribution >= 4 is 57.8 Å². The van der Waals surface area contributed by atoms with E-state index in [0.717, 1.165) is 0 Å². The Hall–Kier alpha value is -1.11. The van der Waals surface area contributed by atoms with E-state index < -0.39 is 0 Å². The van der Waals surface area contributed by atoms with Crippen LogP contribution in [0.2, 0.25) is 20.1 Å². The molecule has 0 radical (unpaired) electrons. The molecule has 2 aromatic carbocycles. The summed E-state index contributed by atoms with van der Waals surface area (Å²) in [5.74, 6) is 0. The molecule has 0 fully saturated rings. The normalized spacial score (nSPS) is 10.1. The Labute approximate surface area is 130 Å². The van der Waals surface area contributed by atoms with Gasteiger partial charge in [-0.05, 0) is 30.3 Å². The molecule has 0 spiro atoms. The molecule has 0 aromatic heterocycles. The molecule has 0 aliphatic rings. The number of halogens is 4. The Kier molecular flexibility index (Phi) is 4.44. The molecule has 0 saturated heterocycles. The van der Waals surface area contributed by atoms with Crippen molar-refractivity contribution in [2.45, 2.75) is 0 Å². The Bertz CT molecular complexity index is 677. The quantitative estimate of drug-likeness (QED) is 0.694. The van der Waals surface area contributed by atoms with Crippen LogP contribution in [0.25, 0.3) is 0 Å². The second-order valence-electron chi connectivity index (χ2n) is 3.68. The molecular formula is C13H6Cl4N2. The van der Waals surface area contributed by atoms with Gasteiger partial charge in [-0.3, -0.25) is 0 Å². The first-order valence-electron chi connectivity index (χ1n) is 5.12. The zero-order chi connectivity index (χ0) is 14.0. The van der Waals surface area contributed by atoms with Crippen molar-refractivity contribution in [3.8, 4) is 6.07 Å². The van der Waals surface area contributed by atoms with Crippen molar-refractivity contribution in [1.82, 2.24) is 0 Å². The highest BCUT2D eigenvalue weighted by Crippen LogP contribution is 2.35. The van der Waals surface area contributed by atoms with Gasteiger partial charge in [-0.2, -0.15) is 5.26 Å². The van der Waals surface area contributed by atoms with E-state index in [9.17, 15) is 0 Å². The monoisotopic (exact) mass is 330 g/mol. The van der Waals surface area contributed by atoms with Crippen LogP contribution in [-0.2, 0) is 0 Å². The average Bonchev–Trinajstić information content (AvgIpc) is 2.38. The SMILES string of the molecule is N#Cc1ccc(Nc2cc(Cl)c(Cl)cc2Cl)c(Cl)c1. The lowest BCUT2D eigenvalue weighted by molar-refractivity contribution is 1.47. The zero-order valence-electron chi connectivity index (χ0n) is 9.35. The Balaban J connectivity index is 2.37. The van der Waals surface area contributed by atoms with Crippen molar-refractivity contribution in [1.29, 1.82) is 5.26 Å². The van der Waals surface area contributed by atoms with Crippen LogP contribution in [-0.4, -0.2) is 0 Å². The summed E-state index contributed by atoms with van der Waals surface area (Å²) < 4.78 is 0. The molecule has 96 valence electrons. The van der Waals surface area contributed by atoms with Crippen LogP contribution in [0, 0.1) is 11.3 Å². The maximum Gasteiger partial charge on any atom is 0.0992 e. The third-order valence-corrected chi connectivity index (χ3v) is 3.73. The number of nitrogens with one attached hydrogen (secondary N) is 1. The number of nitrogens with zero attached hydrogens (tertiary/aromatic N) is 1. The summed E-state index contributed by atoms with van der Waals surface area (Å²) in [6, 6.07) is 10.1. The molecule has 0 atom stereocenters. The van der Waals surface area contributed by atoms with E-state index in [1.165, 1.54) is 0 Å². The molecule has 0 bridgehead atoms. The summed E-state index contributed by atoms with van der Waals surface area (Å²) in [5, 5.41) is 13.4. The maximum absolute atomic E-state index is 8.77. The molecule has 0 amide bonds. The fourth-order valence-electron chi connectivity index (χ4n) is 1.45. The minimum absolute atomic E-state index is 0.378. The second-order valence-corrected chi connectivity index (χ2v) is 5.31. The molecule has 2 aromatic rings. The van der Waals surface area contributed by atoms with Crippen LogP contribution >= 0.6 is 46.4 Å². The summed E-state index contributed by atoms with van der Waals surface area (Å²) in [7, 11) is 0. The summed E-state index contributed by atoms with van der Waals surface area (Å²) in [5.41, 5.74) is 1.69. The van der Waals surface area contributed by atoms with Crippen molar-refractivity contribution in [2.24, 2.45) is 0 Å². The molecule has 1 N–H and O–H groups in total. The lowest BCUT2D eigenvalue weighted by atomic mass is 10.2. The number of hydrogen-bond donors (Lipinski definition) is 1. The van der Waals surface area contributed by atoms with E-state index in [2.05, 4.69) is 5.32 Å². The topological polar surface area (TPSA) is 35.8 Å². The van der Waals surface area contributed by atoms with Crippen molar-refractivity contribution in [3.05, 3.63) is 56.0 Å². The van der Waals surface area contributed by atoms with E-state index in [1.54, 1.807) is 30.3 Å². The lowest BCUT2D eigenvalue weighted by Crippen LogP contribution is -1.93. The van der Waals surface area contributed by atoms with Crippen LogP contribution < -0.4 is 5.32 Å². The highest BCUT2D eigenvalue weighted by molar-refractivity contribution is 6.44. The molecule has 2 nitrogen and oxygen atoms in total. The molecule has 0 aliphatic heterocycles. The van der Waals surface area contributed by atoms with Crippen molar-refractivity contribution in [3.63, 3.8) is 0 Å².